The highest BCUT2D eigenvalue weighted by Crippen LogP contribution is 2.26. The van der Waals surface area contributed by atoms with Gasteiger partial charge in [-0.2, -0.15) is 0 Å². The van der Waals surface area contributed by atoms with Crippen molar-refractivity contribution in [3.05, 3.63) is 28.9 Å². The molecular formula is C18H27N3OS. The van der Waals surface area contributed by atoms with Gasteiger partial charge in [0.25, 0.3) is 0 Å². The van der Waals surface area contributed by atoms with E-state index >= 15 is 0 Å². The van der Waals surface area contributed by atoms with Crippen LogP contribution in [0, 0.1) is 0 Å². The maximum absolute atomic E-state index is 5.86. The van der Waals surface area contributed by atoms with Gasteiger partial charge in [-0.3, -0.25) is 0 Å². The third-order valence-corrected chi connectivity index (χ3v) is 5.35. The summed E-state index contributed by atoms with van der Waals surface area (Å²) in [6.07, 6.45) is 12.2. The molecule has 5 heteroatoms. The maximum Gasteiger partial charge on any atom is 0.194 e. The van der Waals surface area contributed by atoms with Crippen molar-refractivity contribution in [3.63, 3.8) is 0 Å². The first-order valence-electron chi connectivity index (χ1n) is 8.67. The Morgan fingerprint density at radius 2 is 1.91 bits per heavy atom. The van der Waals surface area contributed by atoms with E-state index in [4.69, 9.17) is 4.42 Å². The lowest BCUT2D eigenvalue weighted by Crippen LogP contribution is -2.21. The number of oxazole rings is 1. The lowest BCUT2D eigenvalue weighted by atomic mass is 9.94. The van der Waals surface area contributed by atoms with Gasteiger partial charge in [0.15, 0.2) is 11.0 Å². The van der Waals surface area contributed by atoms with Gasteiger partial charge in [-0.05, 0) is 19.3 Å². The van der Waals surface area contributed by atoms with Crippen LogP contribution < -0.4 is 5.32 Å². The Morgan fingerprint density at radius 3 is 2.61 bits per heavy atom. The molecule has 0 amide bonds. The zero-order valence-corrected chi connectivity index (χ0v) is 15.2. The predicted octanol–water partition coefficient (Wildman–Crippen LogP) is 4.96. The van der Waals surface area contributed by atoms with Crippen LogP contribution in [0.5, 0.6) is 0 Å². The topological polar surface area (TPSA) is 51.0 Å². The molecule has 23 heavy (non-hydrogen) atoms. The van der Waals surface area contributed by atoms with Crippen LogP contribution in [0.1, 0.15) is 69.4 Å². The molecule has 4 nitrogen and oxygen atoms in total. The molecule has 2 aromatic rings. The Hall–Kier alpha value is -1.36. The van der Waals surface area contributed by atoms with Gasteiger partial charge in [0.1, 0.15) is 5.76 Å². The number of hydrogen-bond donors (Lipinski definition) is 1. The molecule has 0 spiro atoms. The maximum atomic E-state index is 5.86. The molecule has 3 rings (SSSR count). The molecule has 1 N–H and O–H groups in total. The Bertz CT molecular complexity index is 620. The molecule has 0 aliphatic heterocycles. The summed E-state index contributed by atoms with van der Waals surface area (Å²) in [6, 6.07) is 0.615. The largest absolute Gasteiger partial charge is 0.445 e. The second kappa shape index (κ2) is 7.04. The van der Waals surface area contributed by atoms with Crippen molar-refractivity contribution in [3.8, 4) is 0 Å². The fraction of sp³-hybridized carbons (Fsp3) is 0.667. The first kappa shape index (κ1) is 16.5. The van der Waals surface area contributed by atoms with E-state index in [0.29, 0.717) is 6.04 Å². The fourth-order valence-corrected chi connectivity index (χ4v) is 3.80. The molecule has 126 valence electrons. The minimum Gasteiger partial charge on any atom is -0.445 e. The smallest absolute Gasteiger partial charge is 0.194 e. The molecule has 0 aromatic carbocycles. The van der Waals surface area contributed by atoms with Crippen molar-refractivity contribution in [2.45, 2.75) is 77.2 Å². The number of nitrogens with zero attached hydrogens (tertiary/aromatic N) is 2. The SMILES string of the molecule is CC(C)(C)c1cnc(CCc2cnc(NC3CCCCC3)s2)o1. The van der Waals surface area contributed by atoms with Crippen molar-refractivity contribution < 1.29 is 4.42 Å². The molecule has 1 fully saturated rings. The highest BCUT2D eigenvalue weighted by Gasteiger charge is 2.19. The number of nitrogens with one attached hydrogen (secondary N) is 1. The quantitative estimate of drug-likeness (QED) is 0.840. The molecule has 1 saturated carbocycles. The Morgan fingerprint density at radius 1 is 1.13 bits per heavy atom. The zero-order chi connectivity index (χ0) is 16.3. The third-order valence-electron chi connectivity index (χ3n) is 4.36. The zero-order valence-electron chi connectivity index (χ0n) is 14.4. The Balaban J connectivity index is 1.51. The van der Waals surface area contributed by atoms with Crippen LogP contribution in [0.4, 0.5) is 5.13 Å². The third kappa shape index (κ3) is 4.56. The van der Waals surface area contributed by atoms with E-state index in [1.165, 1.54) is 37.0 Å². The first-order chi connectivity index (χ1) is 11.0. The second-order valence-corrected chi connectivity index (χ2v) is 8.59. The van der Waals surface area contributed by atoms with E-state index in [2.05, 4.69) is 36.1 Å². The summed E-state index contributed by atoms with van der Waals surface area (Å²) in [5.41, 5.74) is 0.0207. The van der Waals surface area contributed by atoms with Crippen molar-refractivity contribution >= 4 is 16.5 Å². The number of hydrogen-bond acceptors (Lipinski definition) is 5. The second-order valence-electron chi connectivity index (χ2n) is 7.48. The van der Waals surface area contributed by atoms with Crippen molar-refractivity contribution in [1.82, 2.24) is 9.97 Å². The normalized spacial score (nSPS) is 16.7. The highest BCUT2D eigenvalue weighted by atomic mass is 32.1. The standard InChI is InChI=1S/C18H27N3OS/c1-18(2,3)15-12-19-16(22-15)10-9-14-11-20-17(23-14)21-13-7-5-4-6-8-13/h11-13H,4-10H2,1-3H3,(H,20,21). The molecule has 1 aliphatic rings. The number of rotatable bonds is 5. The molecule has 2 heterocycles. The minimum atomic E-state index is 0.0207. The first-order valence-corrected chi connectivity index (χ1v) is 9.49. The summed E-state index contributed by atoms with van der Waals surface area (Å²) >= 11 is 1.77. The van der Waals surface area contributed by atoms with E-state index in [0.717, 1.165) is 29.6 Å². The number of aromatic nitrogens is 2. The van der Waals surface area contributed by atoms with Crippen molar-refractivity contribution in [2.75, 3.05) is 5.32 Å². The molecule has 0 bridgehead atoms. The van der Waals surface area contributed by atoms with E-state index in [-0.39, 0.29) is 5.41 Å². The van der Waals surface area contributed by atoms with E-state index in [9.17, 15) is 0 Å². The van der Waals surface area contributed by atoms with Gasteiger partial charge >= 0.3 is 0 Å². The molecule has 2 aromatic heterocycles. The van der Waals surface area contributed by atoms with Gasteiger partial charge in [-0.1, -0.05) is 40.0 Å². The van der Waals surface area contributed by atoms with Crippen LogP contribution in [-0.4, -0.2) is 16.0 Å². The summed E-state index contributed by atoms with van der Waals surface area (Å²) in [5.74, 6) is 1.78. The van der Waals surface area contributed by atoms with Crippen LogP contribution >= 0.6 is 11.3 Å². The Labute approximate surface area is 142 Å². The molecule has 0 saturated heterocycles. The average molecular weight is 334 g/mol. The molecule has 0 unspecified atom stereocenters. The monoisotopic (exact) mass is 333 g/mol. The van der Waals surface area contributed by atoms with E-state index in [1.54, 1.807) is 11.3 Å². The van der Waals surface area contributed by atoms with Crippen LogP contribution in [-0.2, 0) is 18.3 Å². The summed E-state index contributed by atoms with van der Waals surface area (Å²) in [6.45, 7) is 6.43. The summed E-state index contributed by atoms with van der Waals surface area (Å²) < 4.78 is 5.86. The summed E-state index contributed by atoms with van der Waals surface area (Å²) in [4.78, 5) is 10.2. The van der Waals surface area contributed by atoms with Crippen LogP contribution in [0.25, 0.3) is 0 Å². The highest BCUT2D eigenvalue weighted by molar-refractivity contribution is 7.15. The van der Waals surface area contributed by atoms with Gasteiger partial charge in [-0.25, -0.2) is 9.97 Å². The number of anilines is 1. The lowest BCUT2D eigenvalue weighted by molar-refractivity contribution is 0.382. The van der Waals surface area contributed by atoms with Gasteiger partial charge in [0.05, 0.1) is 6.20 Å². The summed E-state index contributed by atoms with van der Waals surface area (Å²) in [5, 5.41) is 4.66. The Kier molecular flexibility index (Phi) is 5.05. The predicted molar refractivity (Wildman–Crippen MR) is 95.2 cm³/mol. The van der Waals surface area contributed by atoms with Gasteiger partial charge in [-0.15, -0.1) is 11.3 Å². The summed E-state index contributed by atoms with van der Waals surface area (Å²) in [7, 11) is 0. The number of thiazole rings is 1. The minimum absolute atomic E-state index is 0.0207. The fourth-order valence-electron chi connectivity index (χ4n) is 2.91. The van der Waals surface area contributed by atoms with Gasteiger partial charge < -0.3 is 9.73 Å². The number of aryl methyl sites for hydroxylation is 2. The molecule has 0 radical (unpaired) electrons. The lowest BCUT2D eigenvalue weighted by Gasteiger charge is -2.22. The van der Waals surface area contributed by atoms with Crippen LogP contribution in [0.2, 0.25) is 0 Å². The van der Waals surface area contributed by atoms with Crippen LogP contribution in [0.3, 0.4) is 0 Å². The van der Waals surface area contributed by atoms with Crippen LogP contribution in [0.15, 0.2) is 16.8 Å². The van der Waals surface area contributed by atoms with Crippen molar-refractivity contribution in [1.29, 1.82) is 0 Å². The van der Waals surface area contributed by atoms with Crippen molar-refractivity contribution in [2.24, 2.45) is 0 Å². The average Bonchev–Trinajstić information content (AvgIpc) is 3.15. The van der Waals surface area contributed by atoms with Gasteiger partial charge in [0.2, 0.25) is 0 Å². The molecule has 1 aliphatic carbocycles. The van der Waals surface area contributed by atoms with Gasteiger partial charge in [0, 0.05) is 29.0 Å². The molecule has 0 atom stereocenters. The van der Waals surface area contributed by atoms with E-state index < -0.39 is 0 Å². The van der Waals surface area contributed by atoms with E-state index in [1.807, 2.05) is 12.4 Å². The molecular weight excluding hydrogens is 306 g/mol.